The number of nitriles is 1. The van der Waals surface area contributed by atoms with Gasteiger partial charge in [0.2, 0.25) is 0 Å². The number of benzene rings is 2. The summed E-state index contributed by atoms with van der Waals surface area (Å²) in [5, 5.41) is 9.00. The minimum atomic E-state index is 0.502. The molecule has 2 aromatic carbocycles. The van der Waals surface area contributed by atoms with Crippen LogP contribution in [0.2, 0.25) is 0 Å². The Morgan fingerprint density at radius 3 is 2.42 bits per heavy atom. The second-order valence-electron chi connectivity index (χ2n) is 5.10. The third-order valence-electron chi connectivity index (χ3n) is 3.50. The number of nitrogen functional groups attached to an aromatic ring is 1. The second-order valence-corrected chi connectivity index (χ2v) is 5.10. The van der Waals surface area contributed by atoms with Crippen LogP contribution in [0.5, 0.6) is 17.2 Å². The van der Waals surface area contributed by atoms with E-state index < -0.39 is 0 Å². The minimum Gasteiger partial charge on any atom is -0.497 e. The molecular weight excluding hydrogens is 302 g/mol. The first kappa shape index (κ1) is 15.4. The smallest absolute Gasteiger partial charge is 0.150 e. The fraction of sp³-hybridized carbons (Fsp3) is 0.0526. The molecule has 0 unspecified atom stereocenters. The molecule has 0 atom stereocenters. The van der Waals surface area contributed by atoms with Crippen molar-refractivity contribution in [3.63, 3.8) is 0 Å². The highest BCUT2D eigenvalue weighted by atomic mass is 16.5. The highest BCUT2D eigenvalue weighted by Crippen LogP contribution is 2.33. The summed E-state index contributed by atoms with van der Waals surface area (Å²) in [7, 11) is 1.61. The molecule has 24 heavy (non-hydrogen) atoms. The van der Waals surface area contributed by atoms with Gasteiger partial charge in [-0.2, -0.15) is 5.26 Å². The van der Waals surface area contributed by atoms with Gasteiger partial charge in [0, 0.05) is 18.0 Å². The molecule has 5 nitrogen and oxygen atoms in total. The van der Waals surface area contributed by atoms with Crippen LogP contribution in [-0.4, -0.2) is 12.1 Å². The van der Waals surface area contributed by atoms with Crippen molar-refractivity contribution in [2.75, 3.05) is 12.8 Å². The van der Waals surface area contributed by atoms with Gasteiger partial charge in [0.25, 0.3) is 0 Å². The number of hydrogen-bond acceptors (Lipinski definition) is 5. The van der Waals surface area contributed by atoms with Crippen molar-refractivity contribution >= 4 is 5.69 Å². The van der Waals surface area contributed by atoms with Crippen molar-refractivity contribution in [1.82, 2.24) is 4.98 Å². The molecule has 0 fully saturated rings. The number of ether oxygens (including phenoxy) is 2. The predicted octanol–water partition coefficient (Wildman–Crippen LogP) is 4.00. The Kier molecular flexibility index (Phi) is 4.30. The van der Waals surface area contributed by atoms with Crippen molar-refractivity contribution in [3.05, 3.63) is 66.5 Å². The Bertz CT molecular complexity index is 899. The maximum absolute atomic E-state index is 9.00. The number of anilines is 1. The summed E-state index contributed by atoms with van der Waals surface area (Å²) in [5.41, 5.74) is 8.74. The zero-order chi connectivity index (χ0) is 16.9. The van der Waals surface area contributed by atoms with Crippen LogP contribution in [-0.2, 0) is 0 Å². The van der Waals surface area contributed by atoms with Gasteiger partial charge in [-0.15, -0.1) is 0 Å². The summed E-state index contributed by atoms with van der Waals surface area (Å²) in [6.07, 6.45) is 3.22. The molecule has 0 aliphatic carbocycles. The summed E-state index contributed by atoms with van der Waals surface area (Å²) in [6.45, 7) is 0. The number of hydrogen-bond donors (Lipinski definition) is 1. The van der Waals surface area contributed by atoms with Gasteiger partial charge in [0.05, 0.1) is 18.4 Å². The van der Waals surface area contributed by atoms with E-state index in [0.29, 0.717) is 22.7 Å². The van der Waals surface area contributed by atoms with E-state index in [1.165, 1.54) is 6.20 Å². The largest absolute Gasteiger partial charge is 0.497 e. The lowest BCUT2D eigenvalue weighted by molar-refractivity contribution is 0.413. The molecule has 3 rings (SSSR count). The van der Waals surface area contributed by atoms with E-state index in [-0.39, 0.29) is 0 Å². The first-order chi connectivity index (χ1) is 11.7. The van der Waals surface area contributed by atoms with Crippen LogP contribution in [0.25, 0.3) is 11.1 Å². The molecule has 0 aliphatic rings. The number of aromatic nitrogens is 1. The fourth-order valence-electron chi connectivity index (χ4n) is 2.23. The fourth-order valence-corrected chi connectivity index (χ4v) is 2.23. The van der Waals surface area contributed by atoms with Crippen molar-refractivity contribution in [2.24, 2.45) is 0 Å². The molecule has 0 bridgehead atoms. The molecule has 0 saturated heterocycles. The Labute approximate surface area is 139 Å². The summed E-state index contributed by atoms with van der Waals surface area (Å²) in [6, 6.07) is 16.6. The van der Waals surface area contributed by atoms with Gasteiger partial charge in [-0.25, -0.2) is 0 Å². The second kappa shape index (κ2) is 6.71. The standard InChI is InChI=1S/C19H15N3O2/c1-23-16-3-5-17(6-4-16)24-19-9-14(2-7-18(19)21)15-8-13(10-20)11-22-12-15/h2-9,11-12H,21H2,1H3. The SMILES string of the molecule is COc1ccc(Oc2cc(-c3cncc(C#N)c3)ccc2N)cc1. The van der Waals surface area contributed by atoms with E-state index in [0.717, 1.165) is 16.9 Å². The van der Waals surface area contributed by atoms with Gasteiger partial charge in [-0.1, -0.05) is 6.07 Å². The first-order valence-corrected chi connectivity index (χ1v) is 7.26. The van der Waals surface area contributed by atoms with Crippen LogP contribution in [0, 0.1) is 11.3 Å². The van der Waals surface area contributed by atoms with E-state index in [9.17, 15) is 0 Å². The molecular formula is C19H15N3O2. The van der Waals surface area contributed by atoms with E-state index in [4.69, 9.17) is 20.5 Å². The van der Waals surface area contributed by atoms with Crippen molar-refractivity contribution < 1.29 is 9.47 Å². The third kappa shape index (κ3) is 3.28. The third-order valence-corrected chi connectivity index (χ3v) is 3.50. The number of methoxy groups -OCH3 is 1. The molecule has 2 N–H and O–H groups in total. The maximum Gasteiger partial charge on any atom is 0.150 e. The Morgan fingerprint density at radius 1 is 0.958 bits per heavy atom. The average molecular weight is 317 g/mol. The number of rotatable bonds is 4. The van der Waals surface area contributed by atoms with E-state index >= 15 is 0 Å². The van der Waals surface area contributed by atoms with Crippen LogP contribution in [0.3, 0.4) is 0 Å². The van der Waals surface area contributed by atoms with Crippen LogP contribution < -0.4 is 15.2 Å². The molecule has 118 valence electrons. The highest BCUT2D eigenvalue weighted by Gasteiger charge is 2.07. The molecule has 1 heterocycles. The topological polar surface area (TPSA) is 81.2 Å². The molecule has 0 radical (unpaired) electrons. The normalized spacial score (nSPS) is 10.0. The van der Waals surface area contributed by atoms with Gasteiger partial charge < -0.3 is 15.2 Å². The molecule has 3 aromatic rings. The molecule has 0 amide bonds. The Morgan fingerprint density at radius 2 is 1.71 bits per heavy atom. The summed E-state index contributed by atoms with van der Waals surface area (Å²) >= 11 is 0. The Balaban J connectivity index is 1.92. The highest BCUT2D eigenvalue weighted by molar-refractivity contribution is 5.70. The quantitative estimate of drug-likeness (QED) is 0.735. The van der Waals surface area contributed by atoms with E-state index in [1.54, 1.807) is 25.4 Å². The Hall–Kier alpha value is -3.52. The molecule has 1 aromatic heterocycles. The zero-order valence-corrected chi connectivity index (χ0v) is 13.1. The summed E-state index contributed by atoms with van der Waals surface area (Å²) < 4.78 is 11.0. The number of pyridine rings is 1. The first-order valence-electron chi connectivity index (χ1n) is 7.26. The van der Waals surface area contributed by atoms with Crippen molar-refractivity contribution in [3.8, 4) is 34.4 Å². The molecule has 0 aliphatic heterocycles. The van der Waals surface area contributed by atoms with Crippen molar-refractivity contribution in [2.45, 2.75) is 0 Å². The molecule has 5 heteroatoms. The lowest BCUT2D eigenvalue weighted by Gasteiger charge is -2.11. The van der Waals surface area contributed by atoms with Crippen LogP contribution in [0.15, 0.2) is 60.9 Å². The minimum absolute atomic E-state index is 0.502. The predicted molar refractivity (Wildman–Crippen MR) is 91.9 cm³/mol. The van der Waals surface area contributed by atoms with Gasteiger partial charge >= 0.3 is 0 Å². The van der Waals surface area contributed by atoms with Gasteiger partial charge in [0.1, 0.15) is 17.6 Å². The van der Waals surface area contributed by atoms with Crippen LogP contribution in [0.4, 0.5) is 5.69 Å². The summed E-state index contributed by atoms with van der Waals surface area (Å²) in [4.78, 5) is 4.08. The van der Waals surface area contributed by atoms with Gasteiger partial charge in [0.15, 0.2) is 5.75 Å². The average Bonchev–Trinajstić information content (AvgIpc) is 2.64. The van der Waals surface area contributed by atoms with E-state index in [1.807, 2.05) is 36.4 Å². The van der Waals surface area contributed by atoms with Gasteiger partial charge in [-0.3, -0.25) is 4.98 Å². The monoisotopic (exact) mass is 317 g/mol. The number of nitrogens with zero attached hydrogens (tertiary/aromatic N) is 2. The number of nitrogens with two attached hydrogens (primary N) is 1. The van der Waals surface area contributed by atoms with Crippen LogP contribution >= 0.6 is 0 Å². The van der Waals surface area contributed by atoms with Crippen LogP contribution in [0.1, 0.15) is 5.56 Å². The lowest BCUT2D eigenvalue weighted by Crippen LogP contribution is -1.93. The van der Waals surface area contributed by atoms with Crippen molar-refractivity contribution in [1.29, 1.82) is 5.26 Å². The maximum atomic E-state index is 9.00. The van der Waals surface area contributed by atoms with Gasteiger partial charge in [-0.05, 0) is 48.0 Å². The van der Waals surface area contributed by atoms with E-state index in [2.05, 4.69) is 11.1 Å². The molecule has 0 saturated carbocycles. The summed E-state index contributed by atoms with van der Waals surface area (Å²) in [5.74, 6) is 1.95. The zero-order valence-electron chi connectivity index (χ0n) is 13.1. The lowest BCUT2D eigenvalue weighted by atomic mass is 10.1. The molecule has 0 spiro atoms.